The lowest BCUT2D eigenvalue weighted by Gasteiger charge is -2.28. The number of nitrogens with zero attached hydrogens (tertiary/aromatic N) is 3. The van der Waals surface area contributed by atoms with Gasteiger partial charge in [0.15, 0.2) is 28.9 Å². The molecule has 10 heteroatoms. The highest BCUT2D eigenvalue weighted by Crippen LogP contribution is 2.28. The molecule has 4 rings (SSSR count). The molecule has 192 valence electrons. The van der Waals surface area contributed by atoms with E-state index in [1.165, 1.54) is 38.6 Å². The van der Waals surface area contributed by atoms with E-state index in [-0.39, 0.29) is 40.9 Å². The van der Waals surface area contributed by atoms with Crippen molar-refractivity contribution in [2.24, 2.45) is 5.92 Å². The summed E-state index contributed by atoms with van der Waals surface area (Å²) in [7, 11) is 3.40. The molecule has 0 atom stereocenters. The minimum atomic E-state index is -0.819. The zero-order chi connectivity index (χ0) is 25.7. The van der Waals surface area contributed by atoms with Crippen molar-refractivity contribution >= 4 is 11.6 Å². The van der Waals surface area contributed by atoms with Gasteiger partial charge in [0.05, 0.1) is 31.7 Å². The predicted molar refractivity (Wildman–Crippen MR) is 129 cm³/mol. The molecule has 1 fully saturated rings. The molecule has 0 radical (unpaired) electrons. The molecule has 0 aliphatic carbocycles. The lowest BCUT2D eigenvalue weighted by Crippen LogP contribution is -2.32. The molecule has 0 saturated carbocycles. The number of nitrogens with one attached hydrogen (secondary N) is 1. The summed E-state index contributed by atoms with van der Waals surface area (Å²) >= 11 is 0. The van der Waals surface area contributed by atoms with Crippen LogP contribution in [-0.4, -0.2) is 48.7 Å². The van der Waals surface area contributed by atoms with Crippen molar-refractivity contribution in [1.29, 1.82) is 0 Å². The zero-order valence-corrected chi connectivity index (χ0v) is 20.5. The number of methoxy groups -OCH3 is 1. The van der Waals surface area contributed by atoms with Crippen LogP contribution in [0.5, 0.6) is 17.2 Å². The van der Waals surface area contributed by atoms with E-state index in [0.717, 1.165) is 25.9 Å². The molecular weight excluding hydrogens is 473 g/mol. The van der Waals surface area contributed by atoms with Gasteiger partial charge in [-0.25, -0.2) is 23.1 Å². The number of aryl methyl sites for hydroxylation is 1. The van der Waals surface area contributed by atoms with E-state index in [4.69, 9.17) is 14.2 Å². The largest absolute Gasteiger partial charge is 0.494 e. The van der Waals surface area contributed by atoms with E-state index in [9.17, 15) is 13.2 Å². The van der Waals surface area contributed by atoms with E-state index in [0.29, 0.717) is 18.2 Å². The number of likely N-dealkylation sites (tertiary alicyclic amines) is 1. The first kappa shape index (κ1) is 25.6. The number of ether oxygens (including phenoxy) is 3. The van der Waals surface area contributed by atoms with Crippen LogP contribution in [0.25, 0.3) is 0 Å². The Labute approximate surface area is 208 Å². The predicted octanol–water partition coefficient (Wildman–Crippen LogP) is 5.25. The Morgan fingerprint density at radius 2 is 1.72 bits per heavy atom. The Kier molecular flexibility index (Phi) is 8.14. The minimum Gasteiger partial charge on any atom is -0.494 e. The Morgan fingerprint density at radius 3 is 2.39 bits per heavy atom. The summed E-state index contributed by atoms with van der Waals surface area (Å²) in [5, 5.41) is 2.91. The Morgan fingerprint density at radius 1 is 1.00 bits per heavy atom. The van der Waals surface area contributed by atoms with Crippen LogP contribution >= 0.6 is 0 Å². The van der Waals surface area contributed by atoms with Gasteiger partial charge in [0.2, 0.25) is 5.95 Å². The smallest absolute Gasteiger partial charge is 0.227 e. The fourth-order valence-corrected chi connectivity index (χ4v) is 3.95. The molecule has 1 aliphatic rings. The van der Waals surface area contributed by atoms with Crippen LogP contribution in [0.15, 0.2) is 36.7 Å². The van der Waals surface area contributed by atoms with Crippen molar-refractivity contribution in [1.82, 2.24) is 14.9 Å². The van der Waals surface area contributed by atoms with E-state index in [1.54, 1.807) is 12.1 Å². The second kappa shape index (κ2) is 11.5. The molecule has 7 nitrogen and oxygen atoms in total. The lowest BCUT2D eigenvalue weighted by molar-refractivity contribution is 0.157. The Balaban J connectivity index is 1.32. The van der Waals surface area contributed by atoms with Crippen LogP contribution < -0.4 is 19.5 Å². The number of halogens is 3. The van der Waals surface area contributed by atoms with Crippen LogP contribution in [-0.2, 0) is 6.61 Å². The summed E-state index contributed by atoms with van der Waals surface area (Å²) in [6.45, 7) is 3.69. The van der Waals surface area contributed by atoms with Crippen molar-refractivity contribution in [3.05, 3.63) is 65.2 Å². The van der Waals surface area contributed by atoms with Gasteiger partial charge < -0.3 is 24.4 Å². The SMILES string of the molecule is COc1cc(C)c(F)c(COc2cnc(Nc3ccc(OCC4CCN(C)CC4)c(F)c3)nc2)c1F. The monoisotopic (exact) mass is 502 g/mol. The Hall–Kier alpha value is -3.53. The summed E-state index contributed by atoms with van der Waals surface area (Å²) in [4.78, 5) is 10.5. The molecule has 1 aromatic heterocycles. The van der Waals surface area contributed by atoms with Gasteiger partial charge in [-0.2, -0.15) is 0 Å². The highest BCUT2D eigenvalue weighted by atomic mass is 19.1. The summed E-state index contributed by atoms with van der Waals surface area (Å²) in [6.07, 6.45) is 4.79. The van der Waals surface area contributed by atoms with Gasteiger partial charge in [-0.05, 0) is 69.6 Å². The van der Waals surface area contributed by atoms with Crippen LogP contribution in [0.1, 0.15) is 24.0 Å². The van der Waals surface area contributed by atoms with Crippen molar-refractivity contribution in [2.75, 3.05) is 39.2 Å². The van der Waals surface area contributed by atoms with Crippen molar-refractivity contribution in [2.45, 2.75) is 26.4 Å². The van der Waals surface area contributed by atoms with Gasteiger partial charge in [-0.15, -0.1) is 0 Å². The minimum absolute atomic E-state index is 0.0613. The molecule has 1 saturated heterocycles. The van der Waals surface area contributed by atoms with Gasteiger partial charge in [-0.1, -0.05) is 0 Å². The standard InChI is InChI=1S/C26H29F3N4O3/c1-16-10-23(34-3)25(29)20(24(16)28)15-35-19-12-30-26(31-13-19)32-18-4-5-22(21(27)11-18)36-14-17-6-8-33(2)9-7-17/h4-5,10-13,17H,6-9,14-15H2,1-3H3,(H,30,31,32). The molecule has 0 spiro atoms. The maximum Gasteiger partial charge on any atom is 0.227 e. The third kappa shape index (κ3) is 6.17. The lowest BCUT2D eigenvalue weighted by atomic mass is 9.98. The molecule has 0 bridgehead atoms. The van der Waals surface area contributed by atoms with Gasteiger partial charge in [-0.3, -0.25) is 0 Å². The summed E-state index contributed by atoms with van der Waals surface area (Å²) in [6, 6.07) is 5.85. The van der Waals surface area contributed by atoms with E-state index < -0.39 is 17.5 Å². The average molecular weight is 503 g/mol. The second-order valence-corrected chi connectivity index (χ2v) is 8.86. The first-order valence-corrected chi connectivity index (χ1v) is 11.7. The van der Waals surface area contributed by atoms with Gasteiger partial charge in [0, 0.05) is 11.8 Å². The van der Waals surface area contributed by atoms with Crippen molar-refractivity contribution in [3.63, 3.8) is 0 Å². The fraction of sp³-hybridized carbons (Fsp3) is 0.385. The molecule has 2 heterocycles. The van der Waals surface area contributed by atoms with E-state index in [1.807, 2.05) is 0 Å². The highest BCUT2D eigenvalue weighted by Gasteiger charge is 2.19. The molecular formula is C26H29F3N4O3. The second-order valence-electron chi connectivity index (χ2n) is 8.86. The number of rotatable bonds is 9. The van der Waals surface area contributed by atoms with E-state index >= 15 is 0 Å². The molecule has 1 aliphatic heterocycles. The first-order chi connectivity index (χ1) is 17.3. The molecule has 0 unspecified atom stereocenters. The molecule has 3 aromatic rings. The van der Waals surface area contributed by atoms with Crippen LogP contribution in [0.3, 0.4) is 0 Å². The third-order valence-corrected chi connectivity index (χ3v) is 6.17. The Bertz CT molecular complexity index is 1190. The van der Waals surface area contributed by atoms with Crippen molar-refractivity contribution in [3.8, 4) is 17.2 Å². The molecule has 1 N–H and O–H groups in total. The molecule has 0 amide bonds. The maximum atomic E-state index is 14.5. The summed E-state index contributed by atoms with van der Waals surface area (Å²) in [5.74, 6) is -1.02. The van der Waals surface area contributed by atoms with Gasteiger partial charge in [0.1, 0.15) is 12.4 Å². The number of benzene rings is 2. The summed E-state index contributed by atoms with van der Waals surface area (Å²) < 4.78 is 59.4. The first-order valence-electron chi connectivity index (χ1n) is 11.7. The highest BCUT2D eigenvalue weighted by molar-refractivity contribution is 5.55. The molecule has 36 heavy (non-hydrogen) atoms. The topological polar surface area (TPSA) is 68.7 Å². The van der Waals surface area contributed by atoms with Gasteiger partial charge in [0.25, 0.3) is 0 Å². The molecule has 2 aromatic carbocycles. The van der Waals surface area contributed by atoms with Crippen LogP contribution in [0.2, 0.25) is 0 Å². The number of hydrogen-bond acceptors (Lipinski definition) is 7. The third-order valence-electron chi connectivity index (χ3n) is 6.17. The fourth-order valence-electron chi connectivity index (χ4n) is 3.95. The number of aromatic nitrogens is 2. The van der Waals surface area contributed by atoms with Gasteiger partial charge >= 0.3 is 0 Å². The van der Waals surface area contributed by atoms with Crippen LogP contribution in [0.4, 0.5) is 24.8 Å². The number of hydrogen-bond donors (Lipinski definition) is 1. The number of anilines is 2. The summed E-state index contributed by atoms with van der Waals surface area (Å²) in [5.41, 5.74) is 0.444. The normalized spacial score (nSPS) is 14.5. The maximum absolute atomic E-state index is 14.5. The average Bonchev–Trinajstić information content (AvgIpc) is 2.87. The van der Waals surface area contributed by atoms with Crippen molar-refractivity contribution < 1.29 is 27.4 Å². The van der Waals surface area contributed by atoms with Crippen LogP contribution in [0, 0.1) is 30.3 Å². The number of piperidine rings is 1. The van der Waals surface area contributed by atoms with E-state index in [2.05, 4.69) is 27.2 Å². The zero-order valence-electron chi connectivity index (χ0n) is 20.5. The quantitative estimate of drug-likeness (QED) is 0.428.